The van der Waals surface area contributed by atoms with E-state index in [1.807, 2.05) is 67.8 Å². The van der Waals surface area contributed by atoms with Crippen molar-refractivity contribution in [1.29, 1.82) is 0 Å². The van der Waals surface area contributed by atoms with Crippen LogP contribution >= 0.6 is 11.3 Å². The third-order valence-corrected chi connectivity index (χ3v) is 5.68. The molecule has 1 N–H and O–H groups in total. The Hall–Kier alpha value is -3.45. The SMILES string of the molecule is Cc1cc(/C=N\NC(=O)Cc2nc(-c3ccccc3)cs2)c(C)n1Cc1ccco1. The van der Waals surface area contributed by atoms with E-state index in [1.54, 1.807) is 12.5 Å². The van der Waals surface area contributed by atoms with Crippen LogP contribution in [0.15, 0.2) is 69.7 Å². The molecule has 30 heavy (non-hydrogen) atoms. The van der Waals surface area contributed by atoms with Crippen molar-refractivity contribution >= 4 is 23.5 Å². The van der Waals surface area contributed by atoms with Crippen molar-refractivity contribution < 1.29 is 9.21 Å². The number of nitrogens with one attached hydrogen (secondary N) is 1. The van der Waals surface area contributed by atoms with Gasteiger partial charge in [0.25, 0.3) is 0 Å². The molecule has 0 saturated carbocycles. The van der Waals surface area contributed by atoms with Gasteiger partial charge in [0.1, 0.15) is 10.8 Å². The van der Waals surface area contributed by atoms with Gasteiger partial charge in [-0.15, -0.1) is 11.3 Å². The molecule has 0 saturated heterocycles. The zero-order chi connectivity index (χ0) is 20.9. The van der Waals surface area contributed by atoms with Crippen molar-refractivity contribution in [3.8, 4) is 11.3 Å². The van der Waals surface area contributed by atoms with Gasteiger partial charge in [-0.3, -0.25) is 4.79 Å². The maximum Gasteiger partial charge on any atom is 0.246 e. The Labute approximate surface area is 178 Å². The molecule has 0 fully saturated rings. The predicted molar refractivity (Wildman–Crippen MR) is 119 cm³/mol. The zero-order valence-electron chi connectivity index (χ0n) is 16.8. The van der Waals surface area contributed by atoms with E-state index in [1.165, 1.54) is 11.3 Å². The third kappa shape index (κ3) is 4.58. The average molecular weight is 419 g/mol. The minimum absolute atomic E-state index is 0.190. The fourth-order valence-electron chi connectivity index (χ4n) is 3.24. The molecule has 4 rings (SSSR count). The van der Waals surface area contributed by atoms with Crippen LogP contribution in [0.4, 0.5) is 0 Å². The highest BCUT2D eigenvalue weighted by molar-refractivity contribution is 7.10. The molecule has 0 aliphatic heterocycles. The summed E-state index contributed by atoms with van der Waals surface area (Å²) >= 11 is 1.48. The van der Waals surface area contributed by atoms with E-state index in [2.05, 4.69) is 20.1 Å². The fourth-order valence-corrected chi connectivity index (χ4v) is 4.05. The molecule has 0 unspecified atom stereocenters. The molecule has 4 aromatic rings. The molecule has 152 valence electrons. The van der Waals surface area contributed by atoms with Crippen molar-refractivity contribution in [2.45, 2.75) is 26.8 Å². The van der Waals surface area contributed by atoms with Gasteiger partial charge >= 0.3 is 0 Å². The smallest absolute Gasteiger partial charge is 0.246 e. The number of thiazole rings is 1. The normalized spacial score (nSPS) is 11.3. The van der Waals surface area contributed by atoms with Crippen LogP contribution in [0.2, 0.25) is 0 Å². The van der Waals surface area contributed by atoms with E-state index >= 15 is 0 Å². The quantitative estimate of drug-likeness (QED) is 0.353. The second-order valence-electron chi connectivity index (χ2n) is 6.95. The molecule has 0 radical (unpaired) electrons. The Kier molecular flexibility index (Phi) is 5.90. The zero-order valence-corrected chi connectivity index (χ0v) is 17.6. The Morgan fingerprint density at radius 3 is 2.83 bits per heavy atom. The lowest BCUT2D eigenvalue weighted by Gasteiger charge is -2.07. The second-order valence-corrected chi connectivity index (χ2v) is 7.90. The largest absolute Gasteiger partial charge is 0.467 e. The predicted octanol–water partition coefficient (Wildman–Crippen LogP) is 4.56. The van der Waals surface area contributed by atoms with Gasteiger partial charge in [-0.05, 0) is 32.0 Å². The van der Waals surface area contributed by atoms with Gasteiger partial charge in [0.2, 0.25) is 5.91 Å². The van der Waals surface area contributed by atoms with Gasteiger partial charge in [-0.2, -0.15) is 5.10 Å². The van der Waals surface area contributed by atoms with Gasteiger partial charge in [0, 0.05) is 27.9 Å². The molecule has 6 nitrogen and oxygen atoms in total. The molecule has 1 aromatic carbocycles. The molecular formula is C23H22N4O2S. The van der Waals surface area contributed by atoms with Crippen molar-refractivity contribution in [2.24, 2.45) is 5.10 Å². The lowest BCUT2D eigenvalue weighted by atomic mass is 10.2. The minimum Gasteiger partial charge on any atom is -0.467 e. The number of furan rings is 1. The second kappa shape index (κ2) is 8.92. The Balaban J connectivity index is 1.36. The number of aryl methyl sites for hydroxylation is 1. The van der Waals surface area contributed by atoms with Crippen molar-refractivity contribution in [3.05, 3.63) is 87.9 Å². The van der Waals surface area contributed by atoms with Crippen LogP contribution in [0.5, 0.6) is 0 Å². The number of carbonyl (C=O) groups excluding carboxylic acids is 1. The van der Waals surface area contributed by atoms with E-state index < -0.39 is 0 Å². The number of nitrogens with zero attached hydrogens (tertiary/aromatic N) is 3. The number of rotatable bonds is 7. The summed E-state index contributed by atoms with van der Waals surface area (Å²) in [5, 5.41) is 6.86. The third-order valence-electron chi connectivity index (χ3n) is 4.83. The van der Waals surface area contributed by atoms with E-state index in [0.29, 0.717) is 6.54 Å². The Morgan fingerprint density at radius 1 is 1.23 bits per heavy atom. The summed E-state index contributed by atoms with van der Waals surface area (Å²) in [7, 11) is 0. The average Bonchev–Trinajstić information content (AvgIpc) is 3.48. The van der Waals surface area contributed by atoms with Crippen LogP contribution < -0.4 is 5.43 Å². The highest BCUT2D eigenvalue weighted by Gasteiger charge is 2.11. The lowest BCUT2D eigenvalue weighted by molar-refractivity contribution is -0.120. The van der Waals surface area contributed by atoms with Gasteiger partial charge in [-0.25, -0.2) is 10.4 Å². The van der Waals surface area contributed by atoms with Crippen molar-refractivity contribution in [2.75, 3.05) is 0 Å². The first-order valence-electron chi connectivity index (χ1n) is 9.61. The van der Waals surface area contributed by atoms with Gasteiger partial charge in [0.15, 0.2) is 0 Å². The number of benzene rings is 1. The molecule has 0 bridgehead atoms. The van der Waals surface area contributed by atoms with Crippen LogP contribution in [0.3, 0.4) is 0 Å². The molecular weight excluding hydrogens is 396 g/mol. The summed E-state index contributed by atoms with van der Waals surface area (Å²) in [5.41, 5.74) is 7.66. The van der Waals surface area contributed by atoms with Crippen LogP contribution in [0, 0.1) is 13.8 Å². The Morgan fingerprint density at radius 2 is 2.07 bits per heavy atom. The summed E-state index contributed by atoms with van der Waals surface area (Å²) in [6.07, 6.45) is 3.55. The van der Waals surface area contributed by atoms with E-state index in [0.717, 1.165) is 39.0 Å². The molecule has 0 aliphatic carbocycles. The first kappa shape index (κ1) is 19.8. The summed E-state index contributed by atoms with van der Waals surface area (Å²) < 4.78 is 7.59. The molecule has 1 amide bonds. The number of aromatic nitrogens is 2. The van der Waals surface area contributed by atoms with Gasteiger partial charge in [0.05, 0.1) is 31.1 Å². The molecule has 7 heteroatoms. The summed E-state index contributed by atoms with van der Waals surface area (Å²) in [4.78, 5) is 16.8. The van der Waals surface area contributed by atoms with Crippen LogP contribution in [-0.4, -0.2) is 21.7 Å². The molecule has 0 spiro atoms. The van der Waals surface area contributed by atoms with Crippen LogP contribution in [0.1, 0.15) is 27.7 Å². The first-order chi connectivity index (χ1) is 14.6. The Bertz CT molecular complexity index is 1160. The fraction of sp³-hybridized carbons (Fsp3) is 0.174. The highest BCUT2D eigenvalue weighted by Crippen LogP contribution is 2.21. The number of amides is 1. The van der Waals surface area contributed by atoms with Gasteiger partial charge < -0.3 is 8.98 Å². The molecule has 3 aromatic heterocycles. The van der Waals surface area contributed by atoms with Crippen molar-refractivity contribution in [1.82, 2.24) is 15.0 Å². The lowest BCUT2D eigenvalue weighted by Crippen LogP contribution is -2.19. The first-order valence-corrected chi connectivity index (χ1v) is 10.5. The maximum absolute atomic E-state index is 12.2. The molecule has 0 atom stereocenters. The van der Waals surface area contributed by atoms with Crippen molar-refractivity contribution in [3.63, 3.8) is 0 Å². The topological polar surface area (TPSA) is 72.4 Å². The molecule has 0 aliphatic rings. The minimum atomic E-state index is -0.190. The standard InChI is InChI=1S/C23H22N4O2S/c1-16-11-19(17(2)27(16)14-20-9-6-10-29-20)13-24-26-22(28)12-23-25-21(15-30-23)18-7-4-3-5-8-18/h3-11,13,15H,12,14H2,1-2H3,(H,26,28)/b24-13-. The van der Waals surface area contributed by atoms with E-state index in [9.17, 15) is 4.79 Å². The van der Waals surface area contributed by atoms with Crippen LogP contribution in [0.25, 0.3) is 11.3 Å². The highest BCUT2D eigenvalue weighted by atomic mass is 32.1. The number of hydrogen-bond acceptors (Lipinski definition) is 5. The summed E-state index contributed by atoms with van der Waals surface area (Å²) in [5.74, 6) is 0.705. The molecule has 3 heterocycles. The number of carbonyl (C=O) groups is 1. The monoisotopic (exact) mass is 418 g/mol. The van der Waals surface area contributed by atoms with Crippen LogP contribution in [-0.2, 0) is 17.8 Å². The number of hydrogen-bond donors (Lipinski definition) is 1. The summed E-state index contributed by atoms with van der Waals surface area (Å²) in [6.45, 7) is 4.73. The van der Waals surface area contributed by atoms with Gasteiger partial charge in [-0.1, -0.05) is 30.3 Å². The van der Waals surface area contributed by atoms with E-state index in [-0.39, 0.29) is 12.3 Å². The number of hydrazone groups is 1. The maximum atomic E-state index is 12.2. The van der Waals surface area contributed by atoms with E-state index in [4.69, 9.17) is 4.42 Å². The summed E-state index contributed by atoms with van der Waals surface area (Å²) in [6, 6.07) is 15.8.